The Morgan fingerprint density at radius 3 is 2.50 bits per heavy atom. The fourth-order valence-corrected chi connectivity index (χ4v) is 5.66. The summed E-state index contributed by atoms with van der Waals surface area (Å²) in [5, 5.41) is 3.51. The maximum atomic E-state index is 12.7. The topological polar surface area (TPSA) is 74.9 Å². The summed E-state index contributed by atoms with van der Waals surface area (Å²) in [5.74, 6) is 6.85. The monoisotopic (exact) mass is 523 g/mol. The molecule has 2 aliphatic heterocycles. The number of carbonyl (C=O) groups is 1. The van der Waals surface area contributed by atoms with Crippen LogP contribution in [-0.4, -0.2) is 58.5 Å². The molecule has 0 bridgehead atoms. The van der Waals surface area contributed by atoms with Crippen molar-refractivity contribution < 1.29 is 9.53 Å². The second-order valence-corrected chi connectivity index (χ2v) is 10.8. The van der Waals surface area contributed by atoms with E-state index < -0.39 is 0 Å². The van der Waals surface area contributed by atoms with Gasteiger partial charge in [0.25, 0.3) is 5.91 Å². The van der Waals surface area contributed by atoms with Crippen molar-refractivity contribution >= 4 is 34.5 Å². The first kappa shape index (κ1) is 24.6. The average molecular weight is 524 g/mol. The van der Waals surface area contributed by atoms with Crippen LogP contribution in [0.1, 0.15) is 26.7 Å². The number of hydrazine groups is 1. The van der Waals surface area contributed by atoms with E-state index in [9.17, 15) is 4.79 Å². The number of aromatic nitrogens is 1. The molecule has 1 fully saturated rings. The molecule has 3 aromatic rings. The molecular formula is C27H30ClN5O2S. The van der Waals surface area contributed by atoms with Crippen molar-refractivity contribution in [1.29, 1.82) is 0 Å². The normalized spacial score (nSPS) is 15.5. The highest BCUT2D eigenvalue weighted by Crippen LogP contribution is 2.33. The number of carbonyl (C=O) groups excluding carboxylic acids is 1. The van der Waals surface area contributed by atoms with E-state index in [1.54, 1.807) is 40.6 Å². The van der Waals surface area contributed by atoms with Gasteiger partial charge in [-0.1, -0.05) is 41.4 Å². The van der Waals surface area contributed by atoms with Crippen LogP contribution in [0.5, 0.6) is 5.75 Å². The second-order valence-electron chi connectivity index (χ2n) is 9.16. The van der Waals surface area contributed by atoms with Crippen molar-refractivity contribution in [3.63, 3.8) is 0 Å². The highest BCUT2D eigenvalue weighted by molar-refractivity contribution is 7.11. The zero-order valence-corrected chi connectivity index (χ0v) is 21.9. The van der Waals surface area contributed by atoms with E-state index in [-0.39, 0.29) is 12.5 Å². The van der Waals surface area contributed by atoms with E-state index in [4.69, 9.17) is 27.2 Å². The lowest BCUT2D eigenvalue weighted by Crippen LogP contribution is -2.49. The molecule has 9 heteroatoms. The van der Waals surface area contributed by atoms with Gasteiger partial charge >= 0.3 is 0 Å². The first-order valence-corrected chi connectivity index (χ1v) is 13.3. The van der Waals surface area contributed by atoms with E-state index in [0.717, 1.165) is 42.3 Å². The Morgan fingerprint density at radius 2 is 1.78 bits per heavy atom. The molecule has 2 aromatic carbocycles. The smallest absolute Gasteiger partial charge is 0.260 e. The molecule has 36 heavy (non-hydrogen) atoms. The largest absolute Gasteiger partial charge is 0.484 e. The first-order chi connectivity index (χ1) is 17.4. The van der Waals surface area contributed by atoms with Crippen LogP contribution in [0, 0.1) is 6.92 Å². The lowest BCUT2D eigenvalue weighted by atomic mass is 10.1. The number of rotatable bonds is 7. The van der Waals surface area contributed by atoms with E-state index in [2.05, 4.69) is 36.1 Å². The molecule has 1 aromatic heterocycles. The first-order valence-electron chi connectivity index (χ1n) is 12.1. The molecule has 0 atom stereocenters. The van der Waals surface area contributed by atoms with Gasteiger partial charge in [-0.2, -0.15) is 0 Å². The average Bonchev–Trinajstić information content (AvgIpc) is 3.30. The molecule has 7 nitrogen and oxygen atoms in total. The maximum absolute atomic E-state index is 12.7. The van der Waals surface area contributed by atoms with Crippen molar-refractivity contribution in [3.05, 3.63) is 86.5 Å². The number of hydrogen-bond donors (Lipinski definition) is 1. The minimum Gasteiger partial charge on any atom is -0.484 e. The predicted octanol–water partition coefficient (Wildman–Crippen LogP) is 4.10. The minimum atomic E-state index is -0.0181. The van der Waals surface area contributed by atoms with Crippen molar-refractivity contribution in [2.75, 3.05) is 32.8 Å². The fourth-order valence-electron chi connectivity index (χ4n) is 4.45. The van der Waals surface area contributed by atoms with E-state index in [1.165, 1.54) is 16.0 Å². The summed E-state index contributed by atoms with van der Waals surface area (Å²) in [4.78, 5) is 23.0. The van der Waals surface area contributed by atoms with Crippen LogP contribution in [0.15, 0.2) is 54.7 Å². The number of halogens is 1. The predicted molar refractivity (Wildman–Crippen MR) is 144 cm³/mol. The molecule has 0 aliphatic carbocycles. The Kier molecular flexibility index (Phi) is 7.46. The third-order valence-corrected chi connectivity index (χ3v) is 7.85. The molecule has 0 radical (unpaired) electrons. The number of aryl methyl sites for hydroxylation is 3. The molecule has 0 saturated carbocycles. The molecule has 2 N–H and O–H groups in total. The van der Waals surface area contributed by atoms with Gasteiger partial charge in [0.1, 0.15) is 11.4 Å². The van der Waals surface area contributed by atoms with E-state index >= 15 is 0 Å². The molecule has 5 rings (SSSR count). The molecule has 0 unspecified atom stereocenters. The molecule has 3 heterocycles. The lowest BCUT2D eigenvalue weighted by molar-refractivity contribution is -0.134. The molecule has 0 spiro atoms. The third-order valence-electron chi connectivity index (χ3n) is 6.50. The van der Waals surface area contributed by atoms with Gasteiger partial charge in [-0.15, -0.1) is 11.3 Å². The number of nitrogens with zero attached hydrogens (tertiary/aromatic N) is 4. The highest BCUT2D eigenvalue weighted by Gasteiger charge is 2.29. The van der Waals surface area contributed by atoms with Crippen molar-refractivity contribution in [1.82, 2.24) is 19.8 Å². The SMILES string of the molecule is Cc1ccc(CCc2nc3c(s2)CN(N)C=C3N2CCN(C(=O)COc3ccc(Cl)cc3)CC2)cc1. The second kappa shape index (κ2) is 10.9. The summed E-state index contributed by atoms with van der Waals surface area (Å²) in [7, 11) is 0. The van der Waals surface area contributed by atoms with Gasteiger partial charge in [-0.05, 0) is 43.2 Å². The molecule has 1 saturated heterocycles. The van der Waals surface area contributed by atoms with Crippen molar-refractivity contribution in [2.45, 2.75) is 26.3 Å². The zero-order chi connectivity index (χ0) is 25.1. The van der Waals surface area contributed by atoms with Crippen LogP contribution in [0.2, 0.25) is 5.02 Å². The molecular weight excluding hydrogens is 494 g/mol. The zero-order valence-electron chi connectivity index (χ0n) is 20.3. The lowest BCUT2D eigenvalue weighted by Gasteiger charge is -2.38. The Bertz CT molecular complexity index is 1230. The van der Waals surface area contributed by atoms with Crippen LogP contribution in [0.3, 0.4) is 0 Å². The van der Waals surface area contributed by atoms with Gasteiger partial charge in [-0.3, -0.25) is 4.79 Å². The third kappa shape index (κ3) is 5.83. The maximum Gasteiger partial charge on any atom is 0.260 e. The van der Waals surface area contributed by atoms with Crippen LogP contribution < -0.4 is 10.6 Å². The number of nitrogens with two attached hydrogens (primary N) is 1. The quantitative estimate of drug-likeness (QED) is 0.470. The summed E-state index contributed by atoms with van der Waals surface area (Å²) >= 11 is 7.66. The van der Waals surface area contributed by atoms with E-state index in [0.29, 0.717) is 30.4 Å². The molecule has 188 valence electrons. The van der Waals surface area contributed by atoms with Gasteiger partial charge < -0.3 is 19.5 Å². The van der Waals surface area contributed by atoms with Gasteiger partial charge in [0, 0.05) is 43.8 Å². The summed E-state index contributed by atoms with van der Waals surface area (Å²) in [6.07, 6.45) is 3.86. The number of fused-ring (bicyclic) bond motifs is 1. The standard InChI is InChI=1S/C27H30ClN5O2S/c1-19-2-4-20(5-3-19)6-11-25-30-27-23(16-33(29)17-24(27)36-25)31-12-14-32(15-13-31)26(34)18-35-22-9-7-21(28)8-10-22/h2-5,7-10,16H,6,11-15,17-18,29H2,1H3. The summed E-state index contributed by atoms with van der Waals surface area (Å²) in [5.41, 5.74) is 4.68. The minimum absolute atomic E-state index is 0.0154. The highest BCUT2D eigenvalue weighted by atomic mass is 35.5. The Morgan fingerprint density at radius 1 is 1.06 bits per heavy atom. The van der Waals surface area contributed by atoms with Crippen LogP contribution >= 0.6 is 22.9 Å². The summed E-state index contributed by atoms with van der Waals surface area (Å²) in [6, 6.07) is 15.7. The Labute approximate surface area is 220 Å². The van der Waals surface area contributed by atoms with Gasteiger partial charge in [0.2, 0.25) is 0 Å². The van der Waals surface area contributed by atoms with E-state index in [1.807, 2.05) is 11.1 Å². The van der Waals surface area contributed by atoms with Crippen LogP contribution in [0.4, 0.5) is 0 Å². The van der Waals surface area contributed by atoms with Crippen LogP contribution in [0.25, 0.3) is 5.70 Å². The van der Waals surface area contributed by atoms with Crippen molar-refractivity contribution in [3.8, 4) is 5.75 Å². The Balaban J connectivity index is 1.18. The Hall–Kier alpha value is -3.07. The molecule has 2 aliphatic rings. The van der Waals surface area contributed by atoms with Crippen molar-refractivity contribution in [2.24, 2.45) is 5.84 Å². The fraction of sp³-hybridized carbons (Fsp3) is 0.333. The van der Waals surface area contributed by atoms with Gasteiger partial charge in [0.15, 0.2) is 6.61 Å². The number of piperazine rings is 1. The number of hydrogen-bond acceptors (Lipinski definition) is 7. The van der Waals surface area contributed by atoms with Gasteiger partial charge in [0.05, 0.1) is 22.1 Å². The van der Waals surface area contributed by atoms with Crippen LogP contribution in [-0.2, 0) is 24.2 Å². The van der Waals surface area contributed by atoms with Gasteiger partial charge in [-0.25, -0.2) is 10.8 Å². The number of ether oxygens (including phenoxy) is 1. The summed E-state index contributed by atoms with van der Waals surface area (Å²) < 4.78 is 5.64. The number of benzene rings is 2. The summed E-state index contributed by atoms with van der Waals surface area (Å²) in [6.45, 7) is 5.50. The number of amides is 1. The molecule has 1 amide bonds. The number of thiazole rings is 1.